The summed E-state index contributed by atoms with van der Waals surface area (Å²) in [6.45, 7) is 9.76. The van der Waals surface area contributed by atoms with E-state index in [1.54, 1.807) is 11.3 Å². The van der Waals surface area contributed by atoms with Crippen molar-refractivity contribution in [3.05, 3.63) is 41.3 Å². The number of nitrogens with zero attached hydrogens (tertiary/aromatic N) is 4. The number of thiophene rings is 1. The molecule has 1 aromatic carbocycles. The molecule has 0 bridgehead atoms. The fourth-order valence-corrected chi connectivity index (χ4v) is 4.55. The molecule has 1 aliphatic rings. The monoisotopic (exact) mass is 368 g/mol. The first-order valence-electron chi connectivity index (χ1n) is 9.28. The largest absolute Gasteiger partial charge is 0.335 e. The number of rotatable bonds is 4. The lowest BCUT2D eigenvalue weighted by Gasteiger charge is -2.33. The predicted octanol–water partition coefficient (Wildman–Crippen LogP) is 3.56. The van der Waals surface area contributed by atoms with Crippen LogP contribution >= 0.6 is 11.3 Å². The number of fused-ring (bicyclic) bond motifs is 1. The maximum Gasteiger partial charge on any atom is 0.264 e. The quantitative estimate of drug-likeness (QED) is 0.707. The molecule has 0 aliphatic carbocycles. The van der Waals surface area contributed by atoms with Gasteiger partial charge in [0.25, 0.3) is 5.91 Å². The van der Waals surface area contributed by atoms with E-state index in [2.05, 4.69) is 29.4 Å². The van der Waals surface area contributed by atoms with Gasteiger partial charge < -0.3 is 14.4 Å². The lowest BCUT2D eigenvalue weighted by molar-refractivity contribution is 0.0648. The Hall–Kier alpha value is -2.18. The van der Waals surface area contributed by atoms with Crippen molar-refractivity contribution in [3.8, 4) is 10.7 Å². The number of aromatic nitrogens is 2. The first-order chi connectivity index (χ1) is 12.7. The van der Waals surface area contributed by atoms with Gasteiger partial charge in [-0.3, -0.25) is 4.79 Å². The molecule has 1 aliphatic heterocycles. The molecular formula is C20H24N4OS. The highest BCUT2D eigenvalue weighted by molar-refractivity contribution is 7.17. The van der Waals surface area contributed by atoms with Gasteiger partial charge in [-0.15, -0.1) is 11.3 Å². The first-order valence-corrected chi connectivity index (χ1v) is 10.1. The standard InChI is InChI=1S/C20H24N4OS/c1-3-22-11-13-23(14-12-22)20(25)18-10-9-17(26-18)19-21-15-7-5-6-8-16(15)24(19)4-2/h5-10H,3-4,11-14H2,1-2H3. The second-order valence-electron chi connectivity index (χ2n) is 6.56. The van der Waals surface area contributed by atoms with E-state index in [9.17, 15) is 4.79 Å². The molecule has 1 saturated heterocycles. The van der Waals surface area contributed by atoms with Crippen LogP contribution in [0.1, 0.15) is 23.5 Å². The molecule has 0 N–H and O–H groups in total. The normalized spacial score (nSPS) is 15.7. The molecule has 136 valence electrons. The van der Waals surface area contributed by atoms with Crippen molar-refractivity contribution in [1.29, 1.82) is 0 Å². The maximum absolute atomic E-state index is 12.9. The molecule has 5 nitrogen and oxygen atoms in total. The van der Waals surface area contributed by atoms with Gasteiger partial charge in [-0.05, 0) is 37.7 Å². The number of aryl methyl sites for hydroxylation is 1. The second-order valence-corrected chi connectivity index (χ2v) is 7.64. The average molecular weight is 369 g/mol. The molecule has 0 atom stereocenters. The molecular weight excluding hydrogens is 344 g/mol. The summed E-state index contributed by atoms with van der Waals surface area (Å²) in [6, 6.07) is 12.2. The fraction of sp³-hybridized carbons (Fsp3) is 0.400. The van der Waals surface area contributed by atoms with E-state index in [0.717, 1.165) is 65.9 Å². The molecule has 0 spiro atoms. The summed E-state index contributed by atoms with van der Waals surface area (Å²) in [5, 5.41) is 0. The molecule has 26 heavy (non-hydrogen) atoms. The molecule has 0 radical (unpaired) electrons. The molecule has 2 aromatic heterocycles. The van der Waals surface area contributed by atoms with Gasteiger partial charge in [0.1, 0.15) is 0 Å². The number of imidazole rings is 1. The van der Waals surface area contributed by atoms with Crippen LogP contribution in [0.15, 0.2) is 36.4 Å². The predicted molar refractivity (Wildman–Crippen MR) is 107 cm³/mol. The van der Waals surface area contributed by atoms with Crippen LogP contribution < -0.4 is 0 Å². The van der Waals surface area contributed by atoms with Gasteiger partial charge in [0.05, 0.1) is 20.8 Å². The molecule has 3 heterocycles. The summed E-state index contributed by atoms with van der Waals surface area (Å²) in [6.07, 6.45) is 0. The zero-order valence-corrected chi connectivity index (χ0v) is 16.1. The summed E-state index contributed by atoms with van der Waals surface area (Å²) in [4.78, 5) is 23.9. The van der Waals surface area contributed by atoms with Crippen molar-refractivity contribution in [2.24, 2.45) is 0 Å². The lowest BCUT2D eigenvalue weighted by atomic mass is 10.3. The van der Waals surface area contributed by atoms with Crippen LogP contribution in [-0.4, -0.2) is 58.0 Å². The number of hydrogen-bond acceptors (Lipinski definition) is 4. The molecule has 0 saturated carbocycles. The van der Waals surface area contributed by atoms with Gasteiger partial charge in [0.2, 0.25) is 0 Å². The van der Waals surface area contributed by atoms with E-state index in [0.29, 0.717) is 0 Å². The van der Waals surface area contributed by atoms with Crippen LogP contribution in [0.4, 0.5) is 0 Å². The third kappa shape index (κ3) is 3.04. The third-order valence-electron chi connectivity index (χ3n) is 5.11. The van der Waals surface area contributed by atoms with E-state index in [4.69, 9.17) is 4.98 Å². The topological polar surface area (TPSA) is 41.4 Å². The van der Waals surface area contributed by atoms with Gasteiger partial charge in [0.15, 0.2) is 5.82 Å². The molecule has 0 unspecified atom stereocenters. The smallest absolute Gasteiger partial charge is 0.264 e. The fourth-order valence-electron chi connectivity index (χ4n) is 3.58. The van der Waals surface area contributed by atoms with Crippen LogP contribution in [0.5, 0.6) is 0 Å². The Kier molecular flexibility index (Phi) is 4.78. The molecule has 4 rings (SSSR count). The highest BCUT2D eigenvalue weighted by Gasteiger charge is 2.23. The van der Waals surface area contributed by atoms with E-state index in [1.165, 1.54) is 0 Å². The Labute approximate surface area is 157 Å². The number of benzene rings is 1. The molecule has 1 fully saturated rings. The summed E-state index contributed by atoms with van der Waals surface area (Å²) >= 11 is 1.55. The molecule has 3 aromatic rings. The lowest BCUT2D eigenvalue weighted by Crippen LogP contribution is -2.48. The van der Waals surface area contributed by atoms with E-state index < -0.39 is 0 Å². The van der Waals surface area contributed by atoms with E-state index in [-0.39, 0.29) is 5.91 Å². The highest BCUT2D eigenvalue weighted by atomic mass is 32.1. The van der Waals surface area contributed by atoms with Crippen molar-refractivity contribution in [1.82, 2.24) is 19.4 Å². The minimum absolute atomic E-state index is 0.149. The summed E-state index contributed by atoms with van der Waals surface area (Å²) < 4.78 is 2.22. The minimum atomic E-state index is 0.149. The van der Waals surface area contributed by atoms with Crippen molar-refractivity contribution >= 4 is 28.3 Å². The number of amides is 1. The van der Waals surface area contributed by atoms with Crippen molar-refractivity contribution < 1.29 is 4.79 Å². The Morgan fingerprint density at radius 1 is 1.04 bits per heavy atom. The van der Waals surface area contributed by atoms with Crippen molar-refractivity contribution in [3.63, 3.8) is 0 Å². The van der Waals surface area contributed by atoms with Gasteiger partial charge in [-0.1, -0.05) is 19.1 Å². The second kappa shape index (κ2) is 7.21. The van der Waals surface area contributed by atoms with Crippen molar-refractivity contribution in [2.45, 2.75) is 20.4 Å². The Bertz CT molecular complexity index is 921. The van der Waals surface area contributed by atoms with Crippen LogP contribution in [0, 0.1) is 0 Å². The first kappa shape index (κ1) is 17.2. The van der Waals surface area contributed by atoms with Gasteiger partial charge >= 0.3 is 0 Å². The zero-order chi connectivity index (χ0) is 18.1. The maximum atomic E-state index is 12.9. The number of carbonyl (C=O) groups excluding carboxylic acids is 1. The van der Waals surface area contributed by atoms with Gasteiger partial charge in [-0.2, -0.15) is 0 Å². The number of carbonyl (C=O) groups is 1. The van der Waals surface area contributed by atoms with E-state index in [1.807, 2.05) is 35.2 Å². The number of piperazine rings is 1. The number of likely N-dealkylation sites (N-methyl/N-ethyl adjacent to an activating group) is 1. The Morgan fingerprint density at radius 2 is 1.81 bits per heavy atom. The highest BCUT2D eigenvalue weighted by Crippen LogP contribution is 2.31. The average Bonchev–Trinajstić information content (AvgIpc) is 3.31. The van der Waals surface area contributed by atoms with Gasteiger partial charge in [0, 0.05) is 32.7 Å². The SMILES string of the molecule is CCN1CCN(C(=O)c2ccc(-c3nc4ccccc4n3CC)s2)CC1. The molecule has 6 heteroatoms. The number of hydrogen-bond donors (Lipinski definition) is 0. The van der Waals surface area contributed by atoms with Crippen LogP contribution in [0.3, 0.4) is 0 Å². The minimum Gasteiger partial charge on any atom is -0.335 e. The van der Waals surface area contributed by atoms with Gasteiger partial charge in [-0.25, -0.2) is 4.98 Å². The van der Waals surface area contributed by atoms with Crippen LogP contribution in [0.2, 0.25) is 0 Å². The van der Waals surface area contributed by atoms with Crippen LogP contribution in [-0.2, 0) is 6.54 Å². The van der Waals surface area contributed by atoms with Crippen molar-refractivity contribution in [2.75, 3.05) is 32.7 Å². The summed E-state index contributed by atoms with van der Waals surface area (Å²) in [5.41, 5.74) is 2.14. The van der Waals surface area contributed by atoms with E-state index >= 15 is 0 Å². The molecule has 1 amide bonds. The Balaban J connectivity index is 1.60. The zero-order valence-electron chi connectivity index (χ0n) is 15.3. The summed E-state index contributed by atoms with van der Waals surface area (Å²) in [5.74, 6) is 1.10. The van der Waals surface area contributed by atoms with Crippen LogP contribution in [0.25, 0.3) is 21.7 Å². The summed E-state index contributed by atoms with van der Waals surface area (Å²) in [7, 11) is 0. The Morgan fingerprint density at radius 3 is 2.54 bits per heavy atom. The third-order valence-corrected chi connectivity index (χ3v) is 6.18. The number of para-hydroxylation sites is 2.